The van der Waals surface area contributed by atoms with Crippen molar-refractivity contribution in [1.29, 1.82) is 5.26 Å². The Balaban J connectivity index is 2.22. The fourth-order valence-corrected chi connectivity index (χ4v) is 2.32. The molecule has 0 bridgehead atoms. The summed E-state index contributed by atoms with van der Waals surface area (Å²) in [5.74, 6) is -0.464. The maximum Gasteiger partial charge on any atom is 0.216 e. The second-order valence-corrected chi connectivity index (χ2v) is 5.86. The zero-order valence-corrected chi connectivity index (χ0v) is 14.1. The third kappa shape index (κ3) is 4.38. The van der Waals surface area contributed by atoms with Gasteiger partial charge >= 0.3 is 0 Å². The van der Waals surface area contributed by atoms with Crippen LogP contribution in [0.4, 0.5) is 4.39 Å². The molecule has 1 aromatic heterocycles. The van der Waals surface area contributed by atoms with Gasteiger partial charge in [-0.25, -0.2) is 14.4 Å². The van der Waals surface area contributed by atoms with Gasteiger partial charge in [0.2, 0.25) is 5.96 Å². The number of nitrogens with one attached hydrogen (secondary N) is 1. The number of nitriles is 1. The quantitative estimate of drug-likeness (QED) is 0.651. The number of guanidine groups is 1. The van der Waals surface area contributed by atoms with Crippen LogP contribution in [0.3, 0.4) is 0 Å². The fourth-order valence-electron chi connectivity index (χ4n) is 2.32. The molecule has 0 saturated carbocycles. The van der Waals surface area contributed by atoms with E-state index in [1.807, 2.05) is 0 Å². The lowest BCUT2D eigenvalue weighted by molar-refractivity contribution is 0.484. The monoisotopic (exact) mass is 338 g/mol. The van der Waals surface area contributed by atoms with Crippen LogP contribution >= 0.6 is 0 Å². The van der Waals surface area contributed by atoms with Crippen molar-refractivity contribution in [3.63, 3.8) is 0 Å². The predicted molar refractivity (Wildman–Crippen MR) is 96.0 cm³/mol. The summed E-state index contributed by atoms with van der Waals surface area (Å²) in [5.41, 5.74) is 7.21. The van der Waals surface area contributed by atoms with Crippen LogP contribution in [0.2, 0.25) is 0 Å². The predicted octanol–water partition coefficient (Wildman–Crippen LogP) is 2.68. The molecular weight excluding hydrogens is 319 g/mol. The van der Waals surface area contributed by atoms with Crippen molar-refractivity contribution in [3.05, 3.63) is 65.5 Å². The zero-order chi connectivity index (χ0) is 18.4. The average molecular weight is 338 g/mol. The van der Waals surface area contributed by atoms with Crippen LogP contribution in [0.15, 0.2) is 64.0 Å². The molecule has 6 nitrogen and oxygen atoms in total. The third-order valence-corrected chi connectivity index (χ3v) is 3.57. The molecule has 0 atom stereocenters. The third-order valence-electron chi connectivity index (χ3n) is 3.57. The molecule has 0 amide bonds. The molecule has 0 radical (unpaired) electrons. The molecule has 25 heavy (non-hydrogen) atoms. The molecule has 0 aliphatic carbocycles. The maximum absolute atomic E-state index is 13.9. The molecule has 1 aliphatic rings. The second kappa shape index (κ2) is 7.53. The smallest absolute Gasteiger partial charge is 0.216 e. The van der Waals surface area contributed by atoms with Crippen LogP contribution in [0.25, 0.3) is 0 Å². The standard InChI is InChI=1S/C18H19FN6/c1-4-13(15-8-12(9-20)10-23-15)11-24-17(21)25-18(2,3)16-14(19)6-5-7-22-16/h4-7,10-11,23H,1,8H2,2-3H3,(H2,21,25). The van der Waals surface area contributed by atoms with Crippen molar-refractivity contribution in [3.8, 4) is 6.07 Å². The van der Waals surface area contributed by atoms with Crippen LogP contribution in [-0.2, 0) is 5.54 Å². The molecule has 1 aromatic rings. The van der Waals surface area contributed by atoms with E-state index in [1.54, 1.807) is 26.1 Å². The first-order valence-corrected chi connectivity index (χ1v) is 7.59. The Morgan fingerprint density at radius 2 is 2.32 bits per heavy atom. The molecule has 3 N–H and O–H groups in total. The molecule has 0 fully saturated rings. The summed E-state index contributed by atoms with van der Waals surface area (Å²) in [6.07, 6.45) is 6.73. The number of hydrogen-bond donors (Lipinski definition) is 2. The van der Waals surface area contributed by atoms with Crippen molar-refractivity contribution in [2.24, 2.45) is 15.7 Å². The lowest BCUT2D eigenvalue weighted by Gasteiger charge is -2.19. The molecule has 128 valence electrons. The Morgan fingerprint density at radius 3 is 2.92 bits per heavy atom. The van der Waals surface area contributed by atoms with Gasteiger partial charge in [-0.15, -0.1) is 0 Å². The first kappa shape index (κ1) is 18.1. The van der Waals surface area contributed by atoms with Crippen molar-refractivity contribution in [2.75, 3.05) is 0 Å². The molecule has 1 aliphatic heterocycles. The molecule has 2 rings (SSSR count). The minimum atomic E-state index is -0.963. The largest absolute Gasteiger partial charge is 0.368 e. The highest BCUT2D eigenvalue weighted by molar-refractivity contribution is 5.94. The highest BCUT2D eigenvalue weighted by atomic mass is 19.1. The van der Waals surface area contributed by atoms with Crippen molar-refractivity contribution < 1.29 is 4.39 Å². The number of allylic oxidation sites excluding steroid dienone is 3. The summed E-state index contributed by atoms with van der Waals surface area (Å²) >= 11 is 0. The van der Waals surface area contributed by atoms with E-state index >= 15 is 0 Å². The Hall–Kier alpha value is -3.27. The van der Waals surface area contributed by atoms with Gasteiger partial charge in [0.1, 0.15) is 17.1 Å². The number of pyridine rings is 1. The molecule has 0 unspecified atom stereocenters. The lowest BCUT2D eigenvalue weighted by Crippen LogP contribution is -2.23. The van der Waals surface area contributed by atoms with Gasteiger partial charge in [0.05, 0.1) is 11.6 Å². The highest BCUT2D eigenvalue weighted by Crippen LogP contribution is 2.25. The Bertz CT molecular complexity index is 839. The molecule has 0 saturated heterocycles. The number of nitrogens with two attached hydrogens (primary N) is 1. The topological polar surface area (TPSA) is 99.4 Å². The molecular formula is C18H19FN6. The van der Waals surface area contributed by atoms with Gasteiger partial charge in [-0.3, -0.25) is 4.98 Å². The van der Waals surface area contributed by atoms with E-state index in [4.69, 9.17) is 11.0 Å². The minimum absolute atomic E-state index is 0.0125. The molecule has 0 spiro atoms. The van der Waals surface area contributed by atoms with Gasteiger partial charge in [0, 0.05) is 36.3 Å². The number of aromatic nitrogens is 1. The SMILES string of the molecule is C=CC(C=NC(N)=NC(C)(C)c1ncccc1F)=C1CC(C#N)=CN1. The van der Waals surface area contributed by atoms with Gasteiger partial charge < -0.3 is 11.1 Å². The summed E-state index contributed by atoms with van der Waals surface area (Å²) in [5, 5.41) is 11.9. The van der Waals surface area contributed by atoms with Crippen molar-refractivity contribution >= 4 is 12.2 Å². The Kier molecular flexibility index (Phi) is 5.45. The summed E-state index contributed by atoms with van der Waals surface area (Å²) in [4.78, 5) is 12.4. The number of halogens is 1. The summed E-state index contributed by atoms with van der Waals surface area (Å²) in [7, 11) is 0. The summed E-state index contributed by atoms with van der Waals surface area (Å²) < 4.78 is 13.9. The minimum Gasteiger partial charge on any atom is -0.368 e. The van der Waals surface area contributed by atoms with E-state index < -0.39 is 11.4 Å². The van der Waals surface area contributed by atoms with E-state index in [1.165, 1.54) is 24.5 Å². The number of rotatable bonds is 4. The van der Waals surface area contributed by atoms with E-state index in [2.05, 4.69) is 32.9 Å². The van der Waals surface area contributed by atoms with Crippen LogP contribution in [0.1, 0.15) is 26.0 Å². The second-order valence-electron chi connectivity index (χ2n) is 5.86. The summed E-state index contributed by atoms with van der Waals surface area (Å²) in [6.45, 7) is 7.14. The van der Waals surface area contributed by atoms with Gasteiger partial charge in [-0.05, 0) is 26.0 Å². The van der Waals surface area contributed by atoms with Gasteiger partial charge in [-0.2, -0.15) is 5.26 Å². The molecule has 2 heterocycles. The number of hydrogen-bond acceptors (Lipinski definition) is 4. The highest BCUT2D eigenvalue weighted by Gasteiger charge is 2.25. The molecule has 0 aromatic carbocycles. The van der Waals surface area contributed by atoms with E-state index in [0.29, 0.717) is 17.6 Å². The first-order chi connectivity index (χ1) is 11.9. The zero-order valence-electron chi connectivity index (χ0n) is 14.1. The first-order valence-electron chi connectivity index (χ1n) is 7.59. The number of nitrogens with zero attached hydrogens (tertiary/aromatic N) is 4. The summed E-state index contributed by atoms with van der Waals surface area (Å²) in [6, 6.07) is 4.93. The van der Waals surface area contributed by atoms with Gasteiger partial charge in [-0.1, -0.05) is 12.7 Å². The van der Waals surface area contributed by atoms with E-state index in [-0.39, 0.29) is 11.7 Å². The van der Waals surface area contributed by atoms with Crippen LogP contribution in [-0.4, -0.2) is 17.2 Å². The van der Waals surface area contributed by atoms with Gasteiger partial charge in [0.25, 0.3) is 0 Å². The fraction of sp³-hybridized carbons (Fsp3) is 0.222. The van der Waals surface area contributed by atoms with Crippen LogP contribution < -0.4 is 11.1 Å². The van der Waals surface area contributed by atoms with Crippen molar-refractivity contribution in [2.45, 2.75) is 25.8 Å². The maximum atomic E-state index is 13.9. The Labute approximate surface area is 146 Å². The van der Waals surface area contributed by atoms with E-state index in [9.17, 15) is 4.39 Å². The van der Waals surface area contributed by atoms with Crippen LogP contribution in [0, 0.1) is 17.1 Å². The Morgan fingerprint density at radius 1 is 1.56 bits per heavy atom. The lowest BCUT2D eigenvalue weighted by atomic mass is 10.0. The van der Waals surface area contributed by atoms with Crippen LogP contribution in [0.5, 0.6) is 0 Å². The van der Waals surface area contributed by atoms with Gasteiger partial charge in [0.15, 0.2) is 0 Å². The average Bonchev–Trinajstić information content (AvgIpc) is 3.04. The molecule has 7 heteroatoms. The number of aliphatic imine (C=N–C) groups is 2. The normalized spacial score (nSPS) is 17.0. The van der Waals surface area contributed by atoms with Crippen molar-refractivity contribution in [1.82, 2.24) is 10.3 Å². The van der Waals surface area contributed by atoms with E-state index in [0.717, 1.165) is 5.70 Å².